The third-order valence-electron chi connectivity index (χ3n) is 4.05. The van der Waals surface area contributed by atoms with E-state index in [1.807, 2.05) is 6.07 Å². The zero-order valence-electron chi connectivity index (χ0n) is 14.2. The molecule has 0 amide bonds. The Bertz CT molecular complexity index is 871. The van der Waals surface area contributed by atoms with Gasteiger partial charge in [-0.3, -0.25) is 4.99 Å². The third-order valence-corrected chi connectivity index (χ3v) is 5.82. The molecule has 1 unspecified atom stereocenters. The summed E-state index contributed by atoms with van der Waals surface area (Å²) in [6.07, 6.45) is 5.38. The fourth-order valence-electron chi connectivity index (χ4n) is 2.75. The fraction of sp³-hybridized carbons (Fsp3) is 0.375. The molecule has 7 nitrogen and oxygen atoms in total. The lowest BCUT2D eigenvalue weighted by Crippen LogP contribution is -2.43. The van der Waals surface area contributed by atoms with Crippen molar-refractivity contribution in [3.8, 4) is 5.69 Å². The maximum Gasteiger partial charge on any atom is 0.191 e. The standard InChI is InChI=1S/C16H20FN5O2S.HI/c1-18-16(21-13-4-7-25(23,24)10-13)20-9-12-2-3-15(14(17)8-12)22-6-5-19-11-22;/h2-3,5-6,8,11,13H,4,7,9-10H2,1H3,(H2,18,20,21);1H. The number of benzene rings is 1. The van der Waals surface area contributed by atoms with E-state index < -0.39 is 9.84 Å². The van der Waals surface area contributed by atoms with Crippen LogP contribution in [0.5, 0.6) is 0 Å². The van der Waals surface area contributed by atoms with Crippen LogP contribution in [-0.4, -0.2) is 48.5 Å². The molecule has 1 saturated heterocycles. The summed E-state index contributed by atoms with van der Waals surface area (Å²) in [6.45, 7) is 0.375. The highest BCUT2D eigenvalue weighted by atomic mass is 127. The van der Waals surface area contributed by atoms with Crippen molar-refractivity contribution < 1.29 is 12.8 Å². The molecule has 3 rings (SSSR count). The van der Waals surface area contributed by atoms with Crippen LogP contribution in [0.15, 0.2) is 41.9 Å². The van der Waals surface area contributed by atoms with Crippen LogP contribution in [0, 0.1) is 5.82 Å². The lowest BCUT2D eigenvalue weighted by Gasteiger charge is -2.16. The normalized spacial score (nSPS) is 19.0. The highest BCUT2D eigenvalue weighted by Gasteiger charge is 2.28. The fourth-order valence-corrected chi connectivity index (χ4v) is 4.43. The minimum Gasteiger partial charge on any atom is -0.353 e. The number of hydrogen-bond donors (Lipinski definition) is 2. The Kier molecular flexibility index (Phi) is 6.98. The molecule has 1 aliphatic heterocycles. The summed E-state index contributed by atoms with van der Waals surface area (Å²) in [4.78, 5) is 8.00. The van der Waals surface area contributed by atoms with Gasteiger partial charge in [0, 0.05) is 32.0 Å². The molecule has 0 bridgehead atoms. The molecular formula is C16H21FIN5O2S. The highest BCUT2D eigenvalue weighted by Crippen LogP contribution is 2.15. The Labute approximate surface area is 169 Å². The van der Waals surface area contributed by atoms with Crippen LogP contribution in [0.4, 0.5) is 4.39 Å². The van der Waals surface area contributed by atoms with Gasteiger partial charge >= 0.3 is 0 Å². The van der Waals surface area contributed by atoms with Gasteiger partial charge in [-0.25, -0.2) is 17.8 Å². The molecule has 0 spiro atoms. The van der Waals surface area contributed by atoms with Crippen molar-refractivity contribution in [3.05, 3.63) is 48.3 Å². The van der Waals surface area contributed by atoms with Gasteiger partial charge in [-0.1, -0.05) is 6.07 Å². The number of aromatic nitrogens is 2. The maximum absolute atomic E-state index is 14.2. The lowest BCUT2D eigenvalue weighted by molar-refractivity contribution is 0.599. The molecule has 1 aromatic carbocycles. The highest BCUT2D eigenvalue weighted by molar-refractivity contribution is 14.0. The molecule has 10 heteroatoms. The van der Waals surface area contributed by atoms with Crippen molar-refractivity contribution >= 4 is 39.8 Å². The van der Waals surface area contributed by atoms with Gasteiger partial charge in [0.05, 0.1) is 23.5 Å². The van der Waals surface area contributed by atoms with Gasteiger partial charge in [-0.15, -0.1) is 24.0 Å². The molecule has 2 heterocycles. The molecular weight excluding hydrogens is 472 g/mol. The number of sulfone groups is 1. The van der Waals surface area contributed by atoms with E-state index in [1.54, 1.807) is 30.1 Å². The number of rotatable bonds is 4. The predicted molar refractivity (Wildman–Crippen MR) is 109 cm³/mol. The number of imidazole rings is 1. The molecule has 1 aliphatic rings. The van der Waals surface area contributed by atoms with E-state index in [0.717, 1.165) is 5.56 Å². The Hall–Kier alpha value is -1.69. The summed E-state index contributed by atoms with van der Waals surface area (Å²) in [6, 6.07) is 4.82. The van der Waals surface area contributed by atoms with Crippen molar-refractivity contribution in [2.24, 2.45) is 4.99 Å². The van der Waals surface area contributed by atoms with Crippen molar-refractivity contribution in [3.63, 3.8) is 0 Å². The number of guanidine groups is 1. The maximum atomic E-state index is 14.2. The zero-order chi connectivity index (χ0) is 17.9. The largest absolute Gasteiger partial charge is 0.353 e. The second-order valence-electron chi connectivity index (χ2n) is 5.93. The van der Waals surface area contributed by atoms with Gasteiger partial charge in [0.25, 0.3) is 0 Å². The smallest absolute Gasteiger partial charge is 0.191 e. The molecule has 1 aromatic heterocycles. The van der Waals surface area contributed by atoms with Crippen LogP contribution in [0.3, 0.4) is 0 Å². The predicted octanol–water partition coefficient (Wildman–Crippen LogP) is 1.48. The van der Waals surface area contributed by atoms with Gasteiger partial charge in [0.15, 0.2) is 15.8 Å². The van der Waals surface area contributed by atoms with Crippen LogP contribution in [0.2, 0.25) is 0 Å². The first-order chi connectivity index (χ1) is 12.0. The van der Waals surface area contributed by atoms with Gasteiger partial charge in [0.1, 0.15) is 5.82 Å². The van der Waals surface area contributed by atoms with Crippen LogP contribution in [-0.2, 0) is 16.4 Å². The molecule has 1 fully saturated rings. The summed E-state index contributed by atoms with van der Waals surface area (Å²) in [5, 5.41) is 6.17. The monoisotopic (exact) mass is 493 g/mol. The molecule has 2 aromatic rings. The first-order valence-electron chi connectivity index (χ1n) is 7.91. The van der Waals surface area contributed by atoms with E-state index in [1.165, 1.54) is 12.4 Å². The van der Waals surface area contributed by atoms with Crippen LogP contribution < -0.4 is 10.6 Å². The van der Waals surface area contributed by atoms with Crippen LogP contribution in [0.25, 0.3) is 5.69 Å². The van der Waals surface area contributed by atoms with E-state index in [9.17, 15) is 12.8 Å². The second kappa shape index (κ2) is 8.80. The Morgan fingerprint density at radius 2 is 2.27 bits per heavy atom. The number of nitrogens with zero attached hydrogens (tertiary/aromatic N) is 3. The summed E-state index contributed by atoms with van der Waals surface area (Å²) >= 11 is 0. The van der Waals surface area contributed by atoms with Gasteiger partial charge < -0.3 is 15.2 Å². The number of hydrogen-bond acceptors (Lipinski definition) is 4. The average Bonchev–Trinajstić information content (AvgIpc) is 3.21. The van der Waals surface area contributed by atoms with E-state index >= 15 is 0 Å². The first-order valence-corrected chi connectivity index (χ1v) is 9.73. The molecule has 26 heavy (non-hydrogen) atoms. The van der Waals surface area contributed by atoms with Crippen LogP contribution >= 0.6 is 24.0 Å². The van der Waals surface area contributed by atoms with Gasteiger partial charge in [-0.2, -0.15) is 0 Å². The zero-order valence-corrected chi connectivity index (χ0v) is 17.4. The minimum atomic E-state index is -2.95. The first kappa shape index (κ1) is 20.6. The van der Waals surface area contributed by atoms with E-state index in [4.69, 9.17) is 0 Å². The summed E-state index contributed by atoms with van der Waals surface area (Å²) in [5.74, 6) is 0.466. The number of aliphatic imine (C=N–C) groups is 1. The van der Waals surface area contributed by atoms with Gasteiger partial charge in [0.2, 0.25) is 0 Å². The molecule has 0 radical (unpaired) electrons. The van der Waals surface area contributed by atoms with Crippen molar-refractivity contribution in [2.75, 3.05) is 18.6 Å². The Morgan fingerprint density at radius 3 is 2.85 bits per heavy atom. The van der Waals surface area contributed by atoms with E-state index in [0.29, 0.717) is 24.6 Å². The second-order valence-corrected chi connectivity index (χ2v) is 8.15. The minimum absolute atomic E-state index is 0. The Morgan fingerprint density at radius 1 is 1.46 bits per heavy atom. The van der Waals surface area contributed by atoms with Gasteiger partial charge in [-0.05, 0) is 24.1 Å². The number of halogens is 2. The summed E-state index contributed by atoms with van der Waals surface area (Å²) in [7, 11) is -1.34. The van der Waals surface area contributed by atoms with E-state index in [-0.39, 0.29) is 47.3 Å². The quantitative estimate of drug-likeness (QED) is 0.383. The SMILES string of the molecule is CN=C(NCc1ccc(-n2ccnc2)c(F)c1)NC1CCS(=O)(=O)C1.I. The topological polar surface area (TPSA) is 88.4 Å². The van der Waals surface area contributed by atoms with Crippen molar-refractivity contribution in [2.45, 2.75) is 19.0 Å². The van der Waals surface area contributed by atoms with E-state index in [2.05, 4.69) is 20.6 Å². The molecule has 1 atom stereocenters. The molecule has 0 saturated carbocycles. The molecule has 142 valence electrons. The molecule has 0 aliphatic carbocycles. The lowest BCUT2D eigenvalue weighted by atomic mass is 10.2. The Balaban J connectivity index is 0.00000243. The van der Waals surface area contributed by atoms with Crippen molar-refractivity contribution in [1.29, 1.82) is 0 Å². The van der Waals surface area contributed by atoms with Crippen molar-refractivity contribution in [1.82, 2.24) is 20.2 Å². The average molecular weight is 493 g/mol. The third kappa shape index (κ3) is 5.16. The number of nitrogens with one attached hydrogen (secondary N) is 2. The molecule has 2 N–H and O–H groups in total. The van der Waals surface area contributed by atoms with Crippen LogP contribution in [0.1, 0.15) is 12.0 Å². The summed E-state index contributed by atoms with van der Waals surface area (Å²) in [5.41, 5.74) is 1.18. The summed E-state index contributed by atoms with van der Waals surface area (Å²) < 4.78 is 38.9.